The molecular formula is C10H20N2O. The van der Waals surface area contributed by atoms with Crippen LogP contribution in [0.5, 0.6) is 0 Å². The van der Waals surface area contributed by atoms with E-state index in [1.54, 1.807) is 0 Å². The van der Waals surface area contributed by atoms with E-state index in [-0.39, 0.29) is 0 Å². The van der Waals surface area contributed by atoms with Crippen molar-refractivity contribution in [3.63, 3.8) is 0 Å². The van der Waals surface area contributed by atoms with Crippen molar-refractivity contribution in [2.75, 3.05) is 39.8 Å². The van der Waals surface area contributed by atoms with E-state index in [1.165, 1.54) is 5.57 Å². The number of rotatable bonds is 4. The Morgan fingerprint density at radius 2 is 2.46 bits per heavy atom. The Hall–Kier alpha value is -0.380. The zero-order valence-corrected chi connectivity index (χ0v) is 8.68. The minimum absolute atomic E-state index is 0.345. The predicted octanol–water partition coefficient (Wildman–Crippen LogP) is 0.483. The van der Waals surface area contributed by atoms with Gasteiger partial charge in [-0.2, -0.15) is 0 Å². The molecule has 0 amide bonds. The van der Waals surface area contributed by atoms with Crippen molar-refractivity contribution >= 4 is 0 Å². The number of ether oxygens (including phenoxy) is 1. The van der Waals surface area contributed by atoms with Gasteiger partial charge in [0.25, 0.3) is 0 Å². The van der Waals surface area contributed by atoms with Gasteiger partial charge in [-0.1, -0.05) is 12.2 Å². The summed E-state index contributed by atoms with van der Waals surface area (Å²) in [7, 11) is 2.10. The van der Waals surface area contributed by atoms with E-state index < -0.39 is 0 Å². The fraction of sp³-hybridized carbons (Fsp3) is 0.800. The van der Waals surface area contributed by atoms with Crippen molar-refractivity contribution in [1.29, 1.82) is 0 Å². The molecule has 0 spiro atoms. The lowest BCUT2D eigenvalue weighted by atomic mass is 10.2. The first-order valence-electron chi connectivity index (χ1n) is 4.83. The molecular weight excluding hydrogens is 164 g/mol. The van der Waals surface area contributed by atoms with Crippen molar-refractivity contribution < 1.29 is 4.74 Å². The first kappa shape index (κ1) is 10.7. The molecule has 13 heavy (non-hydrogen) atoms. The molecule has 0 aromatic carbocycles. The quantitative estimate of drug-likeness (QED) is 0.643. The molecule has 1 saturated heterocycles. The number of hydrogen-bond donors (Lipinski definition) is 1. The minimum Gasteiger partial charge on any atom is -0.374 e. The normalized spacial score (nSPS) is 23.5. The molecule has 0 aromatic rings. The van der Waals surface area contributed by atoms with Gasteiger partial charge in [-0.3, -0.25) is 4.90 Å². The smallest absolute Gasteiger partial charge is 0.0826 e. The lowest BCUT2D eigenvalue weighted by molar-refractivity contribution is 0.0115. The number of hydrogen-bond acceptors (Lipinski definition) is 3. The Labute approximate surface area is 80.8 Å². The van der Waals surface area contributed by atoms with Gasteiger partial charge in [-0.15, -0.1) is 0 Å². The van der Waals surface area contributed by atoms with Gasteiger partial charge in [0.15, 0.2) is 0 Å². The summed E-state index contributed by atoms with van der Waals surface area (Å²) in [6, 6.07) is 0. The van der Waals surface area contributed by atoms with E-state index in [2.05, 4.69) is 30.8 Å². The second-order valence-electron chi connectivity index (χ2n) is 3.85. The van der Waals surface area contributed by atoms with Crippen LogP contribution in [0, 0.1) is 0 Å². The van der Waals surface area contributed by atoms with Crippen LogP contribution in [-0.2, 0) is 4.74 Å². The molecule has 0 aliphatic carbocycles. The van der Waals surface area contributed by atoms with Gasteiger partial charge in [-0.05, 0) is 14.0 Å². The zero-order valence-electron chi connectivity index (χ0n) is 8.68. The second kappa shape index (κ2) is 5.37. The average Bonchev–Trinajstić information content (AvgIpc) is 2.04. The second-order valence-corrected chi connectivity index (χ2v) is 3.85. The Morgan fingerprint density at radius 3 is 3.00 bits per heavy atom. The SMILES string of the molecule is C=C(C)CN(C)CC1CNCCO1. The summed E-state index contributed by atoms with van der Waals surface area (Å²) in [5.74, 6) is 0. The van der Waals surface area contributed by atoms with E-state index in [9.17, 15) is 0 Å². The standard InChI is InChI=1S/C10H20N2O/c1-9(2)7-12(3)8-10-6-11-4-5-13-10/h10-11H,1,4-8H2,2-3H3. The molecule has 1 heterocycles. The summed E-state index contributed by atoms with van der Waals surface area (Å²) in [5, 5.41) is 3.32. The molecule has 1 fully saturated rings. The fourth-order valence-corrected chi connectivity index (χ4v) is 1.61. The van der Waals surface area contributed by atoms with Crippen LogP contribution in [0.3, 0.4) is 0 Å². The third kappa shape index (κ3) is 4.41. The molecule has 76 valence electrons. The molecule has 3 heteroatoms. The molecule has 0 aromatic heterocycles. The lowest BCUT2D eigenvalue weighted by Crippen LogP contribution is -2.44. The maximum Gasteiger partial charge on any atom is 0.0826 e. The van der Waals surface area contributed by atoms with Crippen molar-refractivity contribution in [3.05, 3.63) is 12.2 Å². The fourth-order valence-electron chi connectivity index (χ4n) is 1.61. The third-order valence-corrected chi connectivity index (χ3v) is 2.06. The van der Waals surface area contributed by atoms with Crippen molar-refractivity contribution in [1.82, 2.24) is 10.2 Å². The van der Waals surface area contributed by atoms with E-state index in [0.29, 0.717) is 6.10 Å². The van der Waals surface area contributed by atoms with Crippen LogP contribution in [0.1, 0.15) is 6.92 Å². The minimum atomic E-state index is 0.345. The van der Waals surface area contributed by atoms with Gasteiger partial charge in [0.1, 0.15) is 0 Å². The number of nitrogens with zero attached hydrogens (tertiary/aromatic N) is 1. The first-order valence-corrected chi connectivity index (χ1v) is 4.83. The summed E-state index contributed by atoms with van der Waals surface area (Å²) in [6.45, 7) is 10.7. The summed E-state index contributed by atoms with van der Waals surface area (Å²) in [4.78, 5) is 2.25. The number of likely N-dealkylation sites (N-methyl/N-ethyl adjacent to an activating group) is 1. The Kier molecular flexibility index (Phi) is 4.42. The van der Waals surface area contributed by atoms with E-state index >= 15 is 0 Å². The van der Waals surface area contributed by atoms with Crippen LogP contribution in [0.2, 0.25) is 0 Å². The summed E-state index contributed by atoms with van der Waals surface area (Å²) < 4.78 is 5.60. The maximum absolute atomic E-state index is 5.60. The molecule has 1 N–H and O–H groups in total. The van der Waals surface area contributed by atoms with Crippen LogP contribution in [0.15, 0.2) is 12.2 Å². The van der Waals surface area contributed by atoms with Crippen LogP contribution in [0.4, 0.5) is 0 Å². The highest BCUT2D eigenvalue weighted by Crippen LogP contribution is 2.00. The first-order chi connectivity index (χ1) is 6.18. The Bertz CT molecular complexity index is 164. The molecule has 1 aliphatic heterocycles. The van der Waals surface area contributed by atoms with Gasteiger partial charge in [0.2, 0.25) is 0 Å². The highest BCUT2D eigenvalue weighted by molar-refractivity contribution is 4.91. The van der Waals surface area contributed by atoms with E-state index in [1.807, 2.05) is 0 Å². The topological polar surface area (TPSA) is 24.5 Å². The van der Waals surface area contributed by atoms with Gasteiger partial charge in [0.05, 0.1) is 12.7 Å². The maximum atomic E-state index is 5.60. The van der Waals surface area contributed by atoms with Gasteiger partial charge >= 0.3 is 0 Å². The van der Waals surface area contributed by atoms with Crippen molar-refractivity contribution in [2.45, 2.75) is 13.0 Å². The number of nitrogens with one attached hydrogen (secondary N) is 1. The summed E-state index contributed by atoms with van der Waals surface area (Å²) in [5.41, 5.74) is 1.20. The highest BCUT2D eigenvalue weighted by Gasteiger charge is 2.14. The van der Waals surface area contributed by atoms with Crippen LogP contribution < -0.4 is 5.32 Å². The molecule has 0 bridgehead atoms. The molecule has 1 rings (SSSR count). The van der Waals surface area contributed by atoms with Crippen LogP contribution in [0.25, 0.3) is 0 Å². The summed E-state index contributed by atoms with van der Waals surface area (Å²) in [6.07, 6.45) is 0.345. The van der Waals surface area contributed by atoms with Crippen LogP contribution in [-0.4, -0.2) is 50.8 Å². The lowest BCUT2D eigenvalue weighted by Gasteiger charge is -2.28. The van der Waals surface area contributed by atoms with Crippen LogP contribution >= 0.6 is 0 Å². The van der Waals surface area contributed by atoms with Crippen molar-refractivity contribution in [2.24, 2.45) is 0 Å². The van der Waals surface area contributed by atoms with E-state index in [4.69, 9.17) is 4.74 Å². The molecule has 0 radical (unpaired) electrons. The van der Waals surface area contributed by atoms with Gasteiger partial charge in [0, 0.05) is 26.2 Å². The van der Waals surface area contributed by atoms with Crippen molar-refractivity contribution in [3.8, 4) is 0 Å². The molecule has 1 aliphatic rings. The predicted molar refractivity (Wildman–Crippen MR) is 54.9 cm³/mol. The zero-order chi connectivity index (χ0) is 9.68. The van der Waals surface area contributed by atoms with Gasteiger partial charge < -0.3 is 10.1 Å². The van der Waals surface area contributed by atoms with Gasteiger partial charge in [-0.25, -0.2) is 0 Å². The molecule has 0 saturated carbocycles. The monoisotopic (exact) mass is 184 g/mol. The highest BCUT2D eigenvalue weighted by atomic mass is 16.5. The molecule has 1 unspecified atom stereocenters. The Balaban J connectivity index is 2.18. The van der Waals surface area contributed by atoms with E-state index in [0.717, 1.165) is 32.8 Å². The molecule has 3 nitrogen and oxygen atoms in total. The molecule has 1 atom stereocenters. The third-order valence-electron chi connectivity index (χ3n) is 2.06. The summed E-state index contributed by atoms with van der Waals surface area (Å²) >= 11 is 0. The average molecular weight is 184 g/mol. The largest absolute Gasteiger partial charge is 0.374 e. The number of morpholine rings is 1. The Morgan fingerprint density at radius 1 is 1.69 bits per heavy atom.